The normalized spacial score (nSPS) is 14.9. The summed E-state index contributed by atoms with van der Waals surface area (Å²) in [6.07, 6.45) is 2.89. The van der Waals surface area contributed by atoms with Gasteiger partial charge >= 0.3 is 0 Å². The molecule has 1 fully saturated rings. The van der Waals surface area contributed by atoms with Gasteiger partial charge in [0.1, 0.15) is 11.6 Å². The van der Waals surface area contributed by atoms with Crippen LogP contribution < -0.4 is 0 Å². The van der Waals surface area contributed by atoms with Crippen molar-refractivity contribution in [3.8, 4) is 0 Å². The molecule has 3 aromatic carbocycles. The lowest BCUT2D eigenvalue weighted by molar-refractivity contribution is 0.101. The molecular formula is C32H34F2N2O. The Hall–Kier alpha value is -3.31. The highest BCUT2D eigenvalue weighted by atomic mass is 19.1. The third-order valence-corrected chi connectivity index (χ3v) is 7.97. The predicted molar refractivity (Wildman–Crippen MR) is 145 cm³/mol. The molecule has 1 aliphatic heterocycles. The Morgan fingerprint density at radius 3 is 2.35 bits per heavy atom. The standard InChI is InChI=1S/C32H34F2N2O/c1-21-16-31(34)27(18-30(21)33)20-35-14-12-25(13-15-35)19-36-22(2)29(28-6-4-5-7-32(28)36)17-24-8-10-26(11-9-24)23(3)37/h4-11,16,18,25H,12-15,17,19-20H2,1-3H3. The number of fused-ring (bicyclic) bond motifs is 1. The smallest absolute Gasteiger partial charge is 0.159 e. The summed E-state index contributed by atoms with van der Waals surface area (Å²) in [7, 11) is 0. The van der Waals surface area contributed by atoms with Gasteiger partial charge in [0.05, 0.1) is 0 Å². The molecule has 0 radical (unpaired) electrons. The Kier molecular flexibility index (Phi) is 7.25. The van der Waals surface area contributed by atoms with E-state index in [0.29, 0.717) is 23.6 Å². The summed E-state index contributed by atoms with van der Waals surface area (Å²) in [6, 6.07) is 19.2. The number of ketones is 1. The summed E-state index contributed by atoms with van der Waals surface area (Å²) in [5.74, 6) is -0.0413. The van der Waals surface area contributed by atoms with Gasteiger partial charge in [-0.2, -0.15) is 0 Å². The fraction of sp³-hybridized carbons (Fsp3) is 0.344. The largest absolute Gasteiger partial charge is 0.344 e. The van der Waals surface area contributed by atoms with Gasteiger partial charge in [-0.05, 0) is 93.9 Å². The summed E-state index contributed by atoms with van der Waals surface area (Å²) in [4.78, 5) is 13.9. The van der Waals surface area contributed by atoms with Gasteiger partial charge in [-0.25, -0.2) is 8.78 Å². The number of hydrogen-bond donors (Lipinski definition) is 0. The molecular weight excluding hydrogens is 466 g/mol. The molecule has 1 saturated heterocycles. The first-order valence-electron chi connectivity index (χ1n) is 13.1. The van der Waals surface area contributed by atoms with Gasteiger partial charge in [-0.15, -0.1) is 0 Å². The number of carbonyl (C=O) groups is 1. The molecule has 5 heteroatoms. The Morgan fingerprint density at radius 2 is 1.65 bits per heavy atom. The van der Waals surface area contributed by atoms with Gasteiger partial charge in [-0.3, -0.25) is 9.69 Å². The highest BCUT2D eigenvalue weighted by molar-refractivity contribution is 5.94. The molecule has 0 saturated carbocycles. The van der Waals surface area contributed by atoms with Crippen LogP contribution in [0.3, 0.4) is 0 Å². The van der Waals surface area contributed by atoms with E-state index in [9.17, 15) is 13.6 Å². The average Bonchev–Trinajstić information content (AvgIpc) is 3.14. The minimum absolute atomic E-state index is 0.0848. The van der Waals surface area contributed by atoms with Gasteiger partial charge in [0, 0.05) is 40.8 Å². The van der Waals surface area contributed by atoms with Crippen LogP contribution in [0.2, 0.25) is 0 Å². The van der Waals surface area contributed by atoms with Crippen molar-refractivity contribution in [2.45, 2.75) is 53.1 Å². The maximum absolute atomic E-state index is 14.3. The maximum atomic E-state index is 14.3. The average molecular weight is 501 g/mol. The molecule has 0 atom stereocenters. The van der Waals surface area contributed by atoms with Crippen molar-refractivity contribution in [2.75, 3.05) is 13.1 Å². The van der Waals surface area contributed by atoms with Crippen molar-refractivity contribution in [1.29, 1.82) is 0 Å². The molecule has 2 heterocycles. The fourth-order valence-corrected chi connectivity index (χ4v) is 5.66. The number of rotatable bonds is 7. The van der Waals surface area contributed by atoms with Crippen LogP contribution in [0.15, 0.2) is 60.7 Å². The number of benzene rings is 3. The zero-order chi connectivity index (χ0) is 26.1. The van der Waals surface area contributed by atoms with Crippen LogP contribution in [-0.4, -0.2) is 28.3 Å². The molecule has 0 N–H and O–H groups in total. The van der Waals surface area contributed by atoms with E-state index in [-0.39, 0.29) is 17.4 Å². The van der Waals surface area contributed by atoms with Crippen LogP contribution in [-0.2, 0) is 19.5 Å². The van der Waals surface area contributed by atoms with E-state index >= 15 is 0 Å². The van der Waals surface area contributed by atoms with E-state index in [1.165, 1.54) is 39.9 Å². The highest BCUT2D eigenvalue weighted by Crippen LogP contribution is 2.31. The first kappa shape index (κ1) is 25.3. The number of halogens is 2. The van der Waals surface area contributed by atoms with Gasteiger partial charge < -0.3 is 4.57 Å². The summed E-state index contributed by atoms with van der Waals surface area (Å²) >= 11 is 0. The minimum atomic E-state index is -0.341. The van der Waals surface area contributed by atoms with Gasteiger partial charge in [0.25, 0.3) is 0 Å². The first-order chi connectivity index (χ1) is 17.8. The van der Waals surface area contributed by atoms with Crippen molar-refractivity contribution in [2.24, 2.45) is 5.92 Å². The molecule has 5 rings (SSSR count). The van der Waals surface area contributed by atoms with Crippen molar-refractivity contribution in [1.82, 2.24) is 9.47 Å². The van der Waals surface area contributed by atoms with Gasteiger partial charge in [0.15, 0.2) is 5.78 Å². The topological polar surface area (TPSA) is 25.2 Å². The number of nitrogens with zero attached hydrogens (tertiary/aromatic N) is 2. The highest BCUT2D eigenvalue weighted by Gasteiger charge is 2.23. The zero-order valence-electron chi connectivity index (χ0n) is 21.9. The summed E-state index contributed by atoms with van der Waals surface area (Å²) in [6.45, 7) is 8.57. The third-order valence-electron chi connectivity index (χ3n) is 7.97. The molecule has 192 valence electrons. The number of aryl methyl sites for hydroxylation is 1. The third kappa shape index (κ3) is 5.37. The molecule has 37 heavy (non-hydrogen) atoms. The lowest BCUT2D eigenvalue weighted by Gasteiger charge is -2.32. The van der Waals surface area contributed by atoms with E-state index in [0.717, 1.165) is 44.5 Å². The number of piperidine rings is 1. The molecule has 0 spiro atoms. The molecule has 1 aliphatic rings. The summed E-state index contributed by atoms with van der Waals surface area (Å²) in [5.41, 5.74) is 6.61. The van der Waals surface area contributed by atoms with E-state index in [1.807, 2.05) is 12.1 Å². The lowest BCUT2D eigenvalue weighted by atomic mass is 9.96. The molecule has 4 aromatic rings. The molecule has 0 aliphatic carbocycles. The Balaban J connectivity index is 1.29. The van der Waals surface area contributed by atoms with Crippen LogP contribution in [0.1, 0.15) is 58.1 Å². The quantitative estimate of drug-likeness (QED) is 0.250. The Labute approximate surface area is 217 Å². The second kappa shape index (κ2) is 10.6. The van der Waals surface area contributed by atoms with Gasteiger partial charge in [0.2, 0.25) is 0 Å². The number of para-hydroxylation sites is 1. The minimum Gasteiger partial charge on any atom is -0.344 e. The van der Waals surface area contributed by atoms with Crippen molar-refractivity contribution >= 4 is 16.7 Å². The number of likely N-dealkylation sites (tertiary alicyclic amines) is 1. The number of aromatic nitrogens is 1. The van der Waals surface area contributed by atoms with Crippen LogP contribution in [0.5, 0.6) is 0 Å². The van der Waals surface area contributed by atoms with Gasteiger partial charge in [-0.1, -0.05) is 42.5 Å². The second-order valence-corrected chi connectivity index (χ2v) is 10.5. The lowest BCUT2D eigenvalue weighted by Crippen LogP contribution is -2.35. The predicted octanol–water partition coefficient (Wildman–Crippen LogP) is 7.24. The molecule has 0 amide bonds. The van der Waals surface area contributed by atoms with Crippen LogP contribution in [0.4, 0.5) is 8.78 Å². The molecule has 0 bridgehead atoms. The van der Waals surface area contributed by atoms with Crippen molar-refractivity contribution in [3.05, 3.63) is 106 Å². The maximum Gasteiger partial charge on any atom is 0.159 e. The summed E-state index contributed by atoms with van der Waals surface area (Å²) in [5, 5.41) is 1.28. The first-order valence-corrected chi connectivity index (χ1v) is 13.1. The van der Waals surface area contributed by atoms with E-state index in [4.69, 9.17) is 0 Å². The van der Waals surface area contributed by atoms with E-state index in [1.54, 1.807) is 13.8 Å². The SMILES string of the molecule is CC(=O)c1ccc(Cc2c(C)n(CC3CCN(Cc4cc(F)c(C)cc4F)CC3)c3ccccc23)cc1. The second-order valence-electron chi connectivity index (χ2n) is 10.5. The Bertz CT molecular complexity index is 1430. The monoisotopic (exact) mass is 500 g/mol. The van der Waals surface area contributed by atoms with Crippen LogP contribution in [0, 0.1) is 31.4 Å². The zero-order valence-corrected chi connectivity index (χ0v) is 21.9. The van der Waals surface area contributed by atoms with Crippen LogP contribution >= 0.6 is 0 Å². The van der Waals surface area contributed by atoms with Crippen molar-refractivity contribution < 1.29 is 13.6 Å². The van der Waals surface area contributed by atoms with Crippen molar-refractivity contribution in [3.63, 3.8) is 0 Å². The van der Waals surface area contributed by atoms with E-state index < -0.39 is 0 Å². The molecule has 0 unspecified atom stereocenters. The number of carbonyl (C=O) groups excluding carboxylic acids is 1. The molecule has 1 aromatic heterocycles. The Morgan fingerprint density at radius 1 is 0.946 bits per heavy atom. The number of Topliss-reactive ketones (excluding diaryl/α,β-unsaturated/α-hetero) is 1. The number of hydrogen-bond acceptors (Lipinski definition) is 2. The summed E-state index contributed by atoms with van der Waals surface area (Å²) < 4.78 is 30.8. The fourth-order valence-electron chi connectivity index (χ4n) is 5.66. The molecule has 3 nitrogen and oxygen atoms in total. The van der Waals surface area contributed by atoms with Crippen LogP contribution in [0.25, 0.3) is 10.9 Å². The van der Waals surface area contributed by atoms with E-state index in [2.05, 4.69) is 52.8 Å².